The van der Waals surface area contributed by atoms with Gasteiger partial charge < -0.3 is 9.73 Å². The molecular weight excluding hydrogens is 340 g/mol. The molecule has 140 valence electrons. The standard InChI is InChI=1S/C22H24N2O3/c1-3-7-15(8-4-2)20(25)23-17-13-11-16(12-14-17)21-24-19-10-6-5-9-18(19)22(26)27-21/h5-6,9-15H,3-4,7-8H2,1-2H3,(H,23,25). The molecule has 5 heteroatoms. The molecule has 0 bridgehead atoms. The van der Waals surface area contributed by atoms with Crippen LogP contribution in [0.25, 0.3) is 22.4 Å². The monoisotopic (exact) mass is 364 g/mol. The van der Waals surface area contributed by atoms with Crippen molar-refractivity contribution in [1.29, 1.82) is 0 Å². The number of hydrogen-bond donors (Lipinski definition) is 1. The van der Waals surface area contributed by atoms with Gasteiger partial charge in [0.25, 0.3) is 0 Å². The number of hydrogen-bond acceptors (Lipinski definition) is 4. The predicted octanol–water partition coefficient (Wildman–Crippen LogP) is 5.01. The van der Waals surface area contributed by atoms with E-state index in [9.17, 15) is 9.59 Å². The SMILES string of the molecule is CCCC(CCC)C(=O)Nc1ccc(-c2nc3ccccc3c(=O)o2)cc1. The average molecular weight is 364 g/mol. The van der Waals surface area contributed by atoms with Gasteiger partial charge in [0.2, 0.25) is 11.8 Å². The molecule has 5 nitrogen and oxygen atoms in total. The summed E-state index contributed by atoms with van der Waals surface area (Å²) in [6.45, 7) is 4.18. The summed E-state index contributed by atoms with van der Waals surface area (Å²) in [5.74, 6) is 0.369. The summed E-state index contributed by atoms with van der Waals surface area (Å²) in [7, 11) is 0. The number of rotatable bonds is 7. The number of carbonyl (C=O) groups is 1. The summed E-state index contributed by atoms with van der Waals surface area (Å²) in [5.41, 5.74) is 1.61. The first-order valence-electron chi connectivity index (χ1n) is 9.43. The third-order valence-electron chi connectivity index (χ3n) is 4.58. The maximum Gasteiger partial charge on any atom is 0.347 e. The van der Waals surface area contributed by atoms with Gasteiger partial charge in [-0.1, -0.05) is 38.8 Å². The molecule has 2 aromatic carbocycles. The number of anilines is 1. The minimum absolute atomic E-state index is 0.0415. The Morgan fingerprint density at radius 3 is 2.37 bits per heavy atom. The normalized spacial score (nSPS) is 11.1. The summed E-state index contributed by atoms with van der Waals surface area (Å²) in [5, 5.41) is 3.44. The van der Waals surface area contributed by atoms with E-state index in [1.165, 1.54) is 0 Å². The predicted molar refractivity (Wildman–Crippen MR) is 108 cm³/mol. The summed E-state index contributed by atoms with van der Waals surface area (Å²) >= 11 is 0. The summed E-state index contributed by atoms with van der Waals surface area (Å²) in [4.78, 5) is 29.0. The Hall–Kier alpha value is -2.95. The second-order valence-electron chi connectivity index (χ2n) is 6.66. The van der Waals surface area contributed by atoms with Gasteiger partial charge in [-0.05, 0) is 49.2 Å². The highest BCUT2D eigenvalue weighted by Crippen LogP contribution is 2.22. The Morgan fingerprint density at radius 1 is 1.04 bits per heavy atom. The maximum absolute atomic E-state index is 12.5. The average Bonchev–Trinajstić information content (AvgIpc) is 2.68. The number of benzene rings is 2. The number of fused-ring (bicyclic) bond motifs is 1. The lowest BCUT2D eigenvalue weighted by Crippen LogP contribution is -2.22. The van der Waals surface area contributed by atoms with E-state index in [-0.39, 0.29) is 17.7 Å². The van der Waals surface area contributed by atoms with Gasteiger partial charge in [-0.25, -0.2) is 9.78 Å². The largest absolute Gasteiger partial charge is 0.403 e. The Bertz CT molecular complexity index is 971. The minimum atomic E-state index is -0.407. The molecular formula is C22H24N2O3. The Balaban J connectivity index is 1.79. The van der Waals surface area contributed by atoms with E-state index < -0.39 is 5.63 Å². The molecule has 0 spiro atoms. The number of aromatic nitrogens is 1. The third kappa shape index (κ3) is 4.42. The summed E-state index contributed by atoms with van der Waals surface area (Å²) in [6.07, 6.45) is 3.77. The summed E-state index contributed by atoms with van der Waals surface area (Å²) in [6, 6.07) is 14.3. The van der Waals surface area contributed by atoms with Gasteiger partial charge in [0.15, 0.2) is 0 Å². The van der Waals surface area contributed by atoms with Crippen LogP contribution >= 0.6 is 0 Å². The van der Waals surface area contributed by atoms with Crippen LogP contribution in [-0.2, 0) is 4.79 Å². The van der Waals surface area contributed by atoms with Crippen LogP contribution in [0.2, 0.25) is 0 Å². The molecule has 27 heavy (non-hydrogen) atoms. The number of nitrogens with one attached hydrogen (secondary N) is 1. The molecule has 0 aliphatic carbocycles. The first-order valence-corrected chi connectivity index (χ1v) is 9.43. The fourth-order valence-corrected chi connectivity index (χ4v) is 3.19. The smallest absolute Gasteiger partial charge is 0.347 e. The van der Waals surface area contributed by atoms with Crippen LogP contribution < -0.4 is 10.9 Å². The first kappa shape index (κ1) is 18.8. The molecule has 1 heterocycles. The van der Waals surface area contributed by atoms with Crippen LogP contribution in [0.3, 0.4) is 0 Å². The molecule has 0 aliphatic rings. The van der Waals surface area contributed by atoms with Crippen LogP contribution in [0.15, 0.2) is 57.7 Å². The number of amides is 1. The lowest BCUT2D eigenvalue weighted by Gasteiger charge is -2.15. The highest BCUT2D eigenvalue weighted by Gasteiger charge is 2.16. The van der Waals surface area contributed by atoms with Gasteiger partial charge in [0, 0.05) is 17.2 Å². The van der Waals surface area contributed by atoms with Crippen molar-refractivity contribution in [2.24, 2.45) is 5.92 Å². The Kier molecular flexibility index (Phi) is 6.01. The maximum atomic E-state index is 12.5. The lowest BCUT2D eigenvalue weighted by atomic mass is 9.97. The van der Waals surface area contributed by atoms with Crippen molar-refractivity contribution in [1.82, 2.24) is 4.98 Å². The van der Waals surface area contributed by atoms with Crippen LogP contribution in [0.1, 0.15) is 39.5 Å². The third-order valence-corrected chi connectivity index (χ3v) is 4.58. The zero-order valence-corrected chi connectivity index (χ0v) is 15.7. The molecule has 1 amide bonds. The quantitative estimate of drug-likeness (QED) is 0.639. The lowest BCUT2D eigenvalue weighted by molar-refractivity contribution is -0.120. The van der Waals surface area contributed by atoms with Crippen LogP contribution in [0.5, 0.6) is 0 Å². The molecule has 0 atom stereocenters. The van der Waals surface area contributed by atoms with Gasteiger partial charge in [-0.3, -0.25) is 4.79 Å². The fourth-order valence-electron chi connectivity index (χ4n) is 3.19. The number of carbonyl (C=O) groups excluding carboxylic acids is 1. The van der Waals surface area contributed by atoms with Gasteiger partial charge in [0.05, 0.1) is 10.9 Å². The van der Waals surface area contributed by atoms with Gasteiger partial charge in [-0.15, -0.1) is 0 Å². The highest BCUT2D eigenvalue weighted by molar-refractivity contribution is 5.92. The van der Waals surface area contributed by atoms with Gasteiger partial charge >= 0.3 is 5.63 Å². The van der Waals surface area contributed by atoms with Crippen molar-refractivity contribution in [3.63, 3.8) is 0 Å². The van der Waals surface area contributed by atoms with Crippen molar-refractivity contribution >= 4 is 22.5 Å². The summed E-state index contributed by atoms with van der Waals surface area (Å²) < 4.78 is 5.35. The highest BCUT2D eigenvalue weighted by atomic mass is 16.4. The number of para-hydroxylation sites is 1. The Morgan fingerprint density at radius 2 is 1.70 bits per heavy atom. The Labute approximate surface area is 158 Å². The fraction of sp³-hybridized carbons (Fsp3) is 0.318. The van der Waals surface area contributed by atoms with Gasteiger partial charge in [0.1, 0.15) is 0 Å². The molecule has 1 N–H and O–H groups in total. The van der Waals surface area contributed by atoms with Crippen LogP contribution in [0.4, 0.5) is 5.69 Å². The van der Waals surface area contributed by atoms with E-state index in [0.29, 0.717) is 16.5 Å². The topological polar surface area (TPSA) is 72.2 Å². The molecule has 1 aromatic heterocycles. The molecule has 3 aromatic rings. The molecule has 3 rings (SSSR count). The van der Waals surface area contributed by atoms with Crippen LogP contribution in [0, 0.1) is 5.92 Å². The number of nitrogens with zero attached hydrogens (tertiary/aromatic N) is 1. The van der Waals surface area contributed by atoms with E-state index in [0.717, 1.165) is 31.4 Å². The van der Waals surface area contributed by atoms with E-state index in [1.807, 2.05) is 6.07 Å². The second-order valence-corrected chi connectivity index (χ2v) is 6.66. The van der Waals surface area contributed by atoms with E-state index in [2.05, 4.69) is 24.1 Å². The molecule has 0 unspecified atom stereocenters. The first-order chi connectivity index (χ1) is 13.1. The molecule has 0 radical (unpaired) electrons. The molecule has 0 saturated heterocycles. The van der Waals surface area contributed by atoms with Crippen molar-refractivity contribution in [2.75, 3.05) is 5.32 Å². The second kappa shape index (κ2) is 8.62. The zero-order valence-electron chi connectivity index (χ0n) is 15.7. The molecule has 0 fully saturated rings. The van der Waals surface area contributed by atoms with E-state index in [1.54, 1.807) is 42.5 Å². The molecule has 0 aliphatic heterocycles. The van der Waals surface area contributed by atoms with E-state index >= 15 is 0 Å². The molecule has 0 saturated carbocycles. The van der Waals surface area contributed by atoms with Crippen LogP contribution in [-0.4, -0.2) is 10.9 Å². The van der Waals surface area contributed by atoms with Crippen molar-refractivity contribution in [2.45, 2.75) is 39.5 Å². The van der Waals surface area contributed by atoms with Crippen molar-refractivity contribution in [3.05, 3.63) is 59.0 Å². The zero-order chi connectivity index (χ0) is 19.2. The van der Waals surface area contributed by atoms with E-state index in [4.69, 9.17) is 4.42 Å². The van der Waals surface area contributed by atoms with Crippen molar-refractivity contribution in [3.8, 4) is 11.5 Å². The minimum Gasteiger partial charge on any atom is -0.403 e. The van der Waals surface area contributed by atoms with Crippen molar-refractivity contribution < 1.29 is 9.21 Å². The van der Waals surface area contributed by atoms with Gasteiger partial charge in [-0.2, -0.15) is 0 Å².